The molecule has 1 amide bonds. The van der Waals surface area contributed by atoms with Crippen LogP contribution >= 0.6 is 35.0 Å². The second-order valence-electron chi connectivity index (χ2n) is 5.74. The van der Waals surface area contributed by atoms with E-state index in [-0.39, 0.29) is 16.9 Å². The molecule has 2 aromatic carbocycles. The first-order chi connectivity index (χ1) is 14.0. The van der Waals surface area contributed by atoms with Gasteiger partial charge in [0.05, 0.1) is 20.0 Å². The first kappa shape index (κ1) is 21.3. The first-order valence-electron chi connectivity index (χ1n) is 8.39. The molecule has 0 unspecified atom stereocenters. The number of nitrogens with zero attached hydrogens (tertiary/aromatic N) is 2. The number of thioether (sulfide) groups is 1. The van der Waals surface area contributed by atoms with Gasteiger partial charge in [0.25, 0.3) is 5.22 Å². The number of methoxy groups -OCH3 is 2. The van der Waals surface area contributed by atoms with Crippen LogP contribution in [0.1, 0.15) is 5.56 Å². The number of aromatic nitrogens is 2. The molecule has 0 spiro atoms. The van der Waals surface area contributed by atoms with Crippen molar-refractivity contribution in [2.45, 2.75) is 11.8 Å². The number of ether oxygens (including phenoxy) is 2. The molecule has 3 aromatic rings. The van der Waals surface area contributed by atoms with Crippen LogP contribution in [0.15, 0.2) is 46.0 Å². The second-order valence-corrected chi connectivity index (χ2v) is 7.51. The smallest absolute Gasteiger partial charge is 0.277 e. The van der Waals surface area contributed by atoms with Gasteiger partial charge in [-0.3, -0.25) is 4.79 Å². The molecule has 0 saturated heterocycles. The SMILES string of the molecule is COc1ccc(-c2nnc(SCC(=O)NCc3ccc(Cl)cc3Cl)o2)cc1OC. The summed E-state index contributed by atoms with van der Waals surface area (Å²) in [4.78, 5) is 12.1. The third kappa shape index (κ3) is 5.56. The largest absolute Gasteiger partial charge is 0.493 e. The third-order valence-electron chi connectivity index (χ3n) is 3.85. The van der Waals surface area contributed by atoms with Crippen molar-refractivity contribution in [1.82, 2.24) is 15.5 Å². The highest BCUT2D eigenvalue weighted by Crippen LogP contribution is 2.32. The first-order valence-corrected chi connectivity index (χ1v) is 10.1. The van der Waals surface area contributed by atoms with Crippen molar-refractivity contribution in [3.8, 4) is 23.0 Å². The molecular weight excluding hydrogens is 437 g/mol. The van der Waals surface area contributed by atoms with Crippen LogP contribution < -0.4 is 14.8 Å². The lowest BCUT2D eigenvalue weighted by molar-refractivity contribution is -0.118. The van der Waals surface area contributed by atoms with E-state index in [1.165, 1.54) is 0 Å². The van der Waals surface area contributed by atoms with Gasteiger partial charge in [0, 0.05) is 22.2 Å². The van der Waals surface area contributed by atoms with Gasteiger partial charge >= 0.3 is 0 Å². The Kier molecular flexibility index (Phi) is 7.24. The van der Waals surface area contributed by atoms with Crippen LogP contribution in [0.3, 0.4) is 0 Å². The Morgan fingerprint density at radius 3 is 2.62 bits per heavy atom. The van der Waals surface area contributed by atoms with Crippen molar-refractivity contribution in [2.75, 3.05) is 20.0 Å². The van der Waals surface area contributed by atoms with Gasteiger partial charge in [-0.2, -0.15) is 0 Å². The molecule has 10 heteroatoms. The topological polar surface area (TPSA) is 86.5 Å². The van der Waals surface area contributed by atoms with E-state index in [4.69, 9.17) is 37.1 Å². The zero-order valence-electron chi connectivity index (χ0n) is 15.6. The molecule has 7 nitrogen and oxygen atoms in total. The predicted molar refractivity (Wildman–Crippen MR) is 112 cm³/mol. The maximum Gasteiger partial charge on any atom is 0.277 e. The van der Waals surface area contributed by atoms with Crippen molar-refractivity contribution in [3.05, 3.63) is 52.0 Å². The molecule has 29 heavy (non-hydrogen) atoms. The van der Waals surface area contributed by atoms with Crippen LogP contribution in [0, 0.1) is 0 Å². The lowest BCUT2D eigenvalue weighted by atomic mass is 10.2. The van der Waals surface area contributed by atoms with Crippen LogP contribution in [0.4, 0.5) is 0 Å². The predicted octanol–water partition coefficient (Wildman–Crippen LogP) is 4.47. The molecule has 1 heterocycles. The maximum atomic E-state index is 12.1. The summed E-state index contributed by atoms with van der Waals surface area (Å²) in [6.07, 6.45) is 0. The fourth-order valence-electron chi connectivity index (χ4n) is 2.39. The minimum absolute atomic E-state index is 0.124. The Labute approximate surface area is 181 Å². The van der Waals surface area contributed by atoms with E-state index in [0.717, 1.165) is 17.3 Å². The quantitative estimate of drug-likeness (QED) is 0.503. The Morgan fingerprint density at radius 2 is 1.90 bits per heavy atom. The molecule has 0 bridgehead atoms. The van der Waals surface area contributed by atoms with Gasteiger partial charge in [-0.1, -0.05) is 41.0 Å². The van der Waals surface area contributed by atoms with Crippen molar-refractivity contribution >= 4 is 40.9 Å². The molecule has 1 N–H and O–H groups in total. The molecule has 0 atom stereocenters. The molecule has 1 aromatic heterocycles. The Hall–Kier alpha value is -2.42. The van der Waals surface area contributed by atoms with Gasteiger partial charge in [-0.25, -0.2) is 0 Å². The summed E-state index contributed by atoms with van der Waals surface area (Å²) in [5, 5.41) is 12.1. The molecule has 3 rings (SSSR count). The number of hydrogen-bond acceptors (Lipinski definition) is 7. The summed E-state index contributed by atoms with van der Waals surface area (Å²) in [7, 11) is 3.11. The molecule has 0 fully saturated rings. The number of rotatable bonds is 8. The molecule has 0 radical (unpaired) electrons. The normalized spacial score (nSPS) is 10.6. The van der Waals surface area contributed by atoms with E-state index >= 15 is 0 Å². The number of hydrogen-bond donors (Lipinski definition) is 1. The van der Waals surface area contributed by atoms with Crippen LogP contribution in [-0.2, 0) is 11.3 Å². The lowest BCUT2D eigenvalue weighted by Crippen LogP contribution is -2.24. The standard InChI is InChI=1S/C19H17Cl2N3O4S/c1-26-15-6-4-11(7-16(15)27-2)18-23-24-19(28-18)29-10-17(25)22-9-12-3-5-13(20)8-14(12)21/h3-8H,9-10H2,1-2H3,(H,22,25). The zero-order chi connectivity index (χ0) is 20.8. The van der Waals surface area contributed by atoms with Crippen LogP contribution in [-0.4, -0.2) is 36.1 Å². The van der Waals surface area contributed by atoms with E-state index in [1.54, 1.807) is 50.6 Å². The van der Waals surface area contributed by atoms with E-state index in [1.807, 2.05) is 0 Å². The van der Waals surface area contributed by atoms with Crippen LogP contribution in [0.5, 0.6) is 11.5 Å². The molecular formula is C19H17Cl2N3O4S. The van der Waals surface area contributed by atoms with Gasteiger partial charge < -0.3 is 19.2 Å². The number of benzene rings is 2. The van der Waals surface area contributed by atoms with E-state index in [0.29, 0.717) is 39.5 Å². The number of carbonyl (C=O) groups excluding carboxylic acids is 1. The fourth-order valence-corrected chi connectivity index (χ4v) is 3.46. The van der Waals surface area contributed by atoms with Gasteiger partial charge in [-0.15, -0.1) is 10.2 Å². The van der Waals surface area contributed by atoms with Crippen molar-refractivity contribution in [3.63, 3.8) is 0 Å². The van der Waals surface area contributed by atoms with E-state index in [9.17, 15) is 4.79 Å². The van der Waals surface area contributed by atoms with Crippen LogP contribution in [0.25, 0.3) is 11.5 Å². The van der Waals surface area contributed by atoms with E-state index < -0.39 is 0 Å². The summed E-state index contributed by atoms with van der Waals surface area (Å²) in [6.45, 7) is 0.302. The summed E-state index contributed by atoms with van der Waals surface area (Å²) in [5.74, 6) is 1.41. The summed E-state index contributed by atoms with van der Waals surface area (Å²) in [5.41, 5.74) is 1.46. The van der Waals surface area contributed by atoms with Crippen molar-refractivity contribution in [1.29, 1.82) is 0 Å². The maximum absolute atomic E-state index is 12.1. The third-order valence-corrected chi connectivity index (χ3v) is 5.26. The van der Waals surface area contributed by atoms with Crippen LogP contribution in [0.2, 0.25) is 10.0 Å². The van der Waals surface area contributed by atoms with Crippen molar-refractivity contribution in [2.24, 2.45) is 0 Å². The number of amides is 1. The fraction of sp³-hybridized carbons (Fsp3) is 0.211. The highest BCUT2D eigenvalue weighted by Gasteiger charge is 2.14. The molecule has 0 saturated carbocycles. The second kappa shape index (κ2) is 9.87. The summed E-state index contributed by atoms with van der Waals surface area (Å²) < 4.78 is 16.1. The van der Waals surface area contributed by atoms with Gasteiger partial charge in [-0.05, 0) is 35.9 Å². The highest BCUT2D eigenvalue weighted by molar-refractivity contribution is 7.99. The number of halogens is 2. The van der Waals surface area contributed by atoms with E-state index in [2.05, 4.69) is 15.5 Å². The molecule has 0 aliphatic heterocycles. The zero-order valence-corrected chi connectivity index (χ0v) is 17.9. The monoisotopic (exact) mass is 453 g/mol. The minimum Gasteiger partial charge on any atom is -0.493 e. The summed E-state index contributed by atoms with van der Waals surface area (Å²) in [6, 6.07) is 10.4. The average Bonchev–Trinajstić information content (AvgIpc) is 3.20. The Bertz CT molecular complexity index is 1010. The lowest BCUT2D eigenvalue weighted by Gasteiger charge is -2.07. The average molecular weight is 454 g/mol. The Balaban J connectivity index is 1.55. The van der Waals surface area contributed by atoms with Gasteiger partial charge in [0.15, 0.2) is 11.5 Å². The minimum atomic E-state index is -0.188. The Morgan fingerprint density at radius 1 is 1.10 bits per heavy atom. The van der Waals surface area contributed by atoms with Gasteiger partial charge in [0.1, 0.15) is 0 Å². The molecule has 0 aliphatic carbocycles. The number of nitrogens with one attached hydrogen (secondary N) is 1. The summed E-state index contributed by atoms with van der Waals surface area (Å²) >= 11 is 13.1. The highest BCUT2D eigenvalue weighted by atomic mass is 35.5. The van der Waals surface area contributed by atoms with Crippen molar-refractivity contribution < 1.29 is 18.7 Å². The number of carbonyl (C=O) groups is 1. The molecule has 0 aliphatic rings. The molecule has 152 valence electrons. The van der Waals surface area contributed by atoms with Gasteiger partial charge in [0.2, 0.25) is 11.8 Å².